The van der Waals surface area contributed by atoms with Crippen LogP contribution in [-0.2, 0) is 6.42 Å². The van der Waals surface area contributed by atoms with Crippen molar-refractivity contribution in [2.45, 2.75) is 33.2 Å². The smallest absolute Gasteiger partial charge is 0.115 e. The molecule has 84 valence electrons. The molecule has 1 aromatic carbocycles. The summed E-state index contributed by atoms with van der Waals surface area (Å²) < 4.78 is 0. The number of aromatic hydroxyl groups is 1. The summed E-state index contributed by atoms with van der Waals surface area (Å²) in [5, 5.41) is 9.18. The van der Waals surface area contributed by atoms with E-state index in [1.54, 1.807) is 12.1 Å². The highest BCUT2D eigenvalue weighted by Gasteiger charge is 2.10. The molecule has 0 aliphatic carbocycles. The summed E-state index contributed by atoms with van der Waals surface area (Å²) >= 11 is 0. The van der Waals surface area contributed by atoms with Crippen LogP contribution >= 0.6 is 0 Å². The molecule has 0 amide bonds. The number of hydrogen-bond donors (Lipinski definition) is 1. The van der Waals surface area contributed by atoms with Crippen molar-refractivity contribution < 1.29 is 5.11 Å². The third-order valence-electron chi connectivity index (χ3n) is 2.90. The summed E-state index contributed by atoms with van der Waals surface area (Å²) in [6.07, 6.45) is 1.04. The summed E-state index contributed by atoms with van der Waals surface area (Å²) in [6, 6.07) is 8.06. The number of benzene rings is 1. The van der Waals surface area contributed by atoms with Crippen LogP contribution in [0.4, 0.5) is 0 Å². The van der Waals surface area contributed by atoms with Gasteiger partial charge in [0.05, 0.1) is 0 Å². The van der Waals surface area contributed by atoms with Gasteiger partial charge in [-0.05, 0) is 44.1 Å². The van der Waals surface area contributed by atoms with Gasteiger partial charge in [-0.1, -0.05) is 26.0 Å². The molecular formula is C13H21NO. The van der Waals surface area contributed by atoms with Gasteiger partial charge in [-0.3, -0.25) is 0 Å². The van der Waals surface area contributed by atoms with E-state index in [0.717, 1.165) is 19.5 Å². The summed E-state index contributed by atoms with van der Waals surface area (Å²) in [4.78, 5) is 2.44. The van der Waals surface area contributed by atoms with Gasteiger partial charge >= 0.3 is 0 Å². The number of hydrogen-bond acceptors (Lipinski definition) is 2. The molecule has 1 aromatic rings. The minimum Gasteiger partial charge on any atom is -0.508 e. The molecule has 0 radical (unpaired) electrons. The minimum absolute atomic E-state index is 0.342. The highest BCUT2D eigenvalue weighted by atomic mass is 16.3. The minimum atomic E-state index is 0.342. The number of rotatable bonds is 5. The van der Waals surface area contributed by atoms with Gasteiger partial charge in [-0.2, -0.15) is 0 Å². The van der Waals surface area contributed by atoms with Gasteiger partial charge in [0.25, 0.3) is 0 Å². The zero-order valence-corrected chi connectivity index (χ0v) is 9.90. The highest BCUT2D eigenvalue weighted by molar-refractivity contribution is 5.26. The molecular weight excluding hydrogens is 186 g/mol. The van der Waals surface area contributed by atoms with Crippen molar-refractivity contribution in [2.24, 2.45) is 0 Å². The molecule has 0 bridgehead atoms. The second kappa shape index (κ2) is 5.76. The van der Waals surface area contributed by atoms with Crippen molar-refractivity contribution >= 4 is 0 Å². The average Bonchev–Trinajstić information content (AvgIpc) is 2.23. The van der Waals surface area contributed by atoms with Crippen LogP contribution in [0.25, 0.3) is 0 Å². The number of phenolic OH excluding ortho intramolecular Hbond substituents is 1. The standard InChI is InChI=1S/C13H21NO/c1-4-14(5-2)11(3)10-12-6-8-13(15)9-7-12/h6-9,11,15H,4-5,10H2,1-3H3. The van der Waals surface area contributed by atoms with E-state index in [9.17, 15) is 5.11 Å². The summed E-state index contributed by atoms with van der Waals surface area (Å²) in [7, 11) is 0. The Morgan fingerprint density at radius 3 is 2.13 bits per heavy atom. The van der Waals surface area contributed by atoms with Crippen LogP contribution in [0.5, 0.6) is 5.75 Å². The Kier molecular flexibility index (Phi) is 4.63. The highest BCUT2D eigenvalue weighted by Crippen LogP contribution is 2.13. The van der Waals surface area contributed by atoms with Crippen molar-refractivity contribution in [1.82, 2.24) is 4.90 Å². The summed E-state index contributed by atoms with van der Waals surface area (Å²) in [5.41, 5.74) is 1.28. The van der Waals surface area contributed by atoms with E-state index in [4.69, 9.17) is 0 Å². The molecule has 0 spiro atoms. The molecule has 15 heavy (non-hydrogen) atoms. The molecule has 2 nitrogen and oxygen atoms in total. The van der Waals surface area contributed by atoms with Crippen LogP contribution in [0.2, 0.25) is 0 Å². The molecule has 1 rings (SSSR count). The van der Waals surface area contributed by atoms with E-state index >= 15 is 0 Å². The van der Waals surface area contributed by atoms with Crippen LogP contribution < -0.4 is 0 Å². The Balaban J connectivity index is 2.57. The average molecular weight is 207 g/mol. The van der Waals surface area contributed by atoms with Gasteiger partial charge in [0, 0.05) is 6.04 Å². The van der Waals surface area contributed by atoms with Crippen LogP contribution in [0.1, 0.15) is 26.3 Å². The Morgan fingerprint density at radius 2 is 1.67 bits per heavy atom. The molecule has 0 aromatic heterocycles. The largest absolute Gasteiger partial charge is 0.508 e. The third kappa shape index (κ3) is 3.56. The Hall–Kier alpha value is -1.02. The first-order valence-corrected chi connectivity index (χ1v) is 5.69. The summed E-state index contributed by atoms with van der Waals surface area (Å²) in [5.74, 6) is 0.342. The number of phenols is 1. The fraction of sp³-hybridized carbons (Fsp3) is 0.538. The maximum absolute atomic E-state index is 9.18. The first-order chi connectivity index (χ1) is 7.17. The molecule has 2 heteroatoms. The fourth-order valence-electron chi connectivity index (χ4n) is 1.95. The molecule has 1 N–H and O–H groups in total. The lowest BCUT2D eigenvalue weighted by molar-refractivity contribution is 0.230. The van der Waals surface area contributed by atoms with Crippen molar-refractivity contribution in [3.63, 3.8) is 0 Å². The topological polar surface area (TPSA) is 23.5 Å². The molecule has 1 unspecified atom stereocenters. The Labute approximate surface area is 92.5 Å². The molecule has 0 fully saturated rings. The van der Waals surface area contributed by atoms with Gasteiger partial charge in [0.2, 0.25) is 0 Å². The van der Waals surface area contributed by atoms with Crippen LogP contribution in [0.15, 0.2) is 24.3 Å². The van der Waals surface area contributed by atoms with Gasteiger partial charge in [0.15, 0.2) is 0 Å². The SMILES string of the molecule is CCN(CC)C(C)Cc1ccc(O)cc1. The van der Waals surface area contributed by atoms with Gasteiger partial charge in [-0.15, -0.1) is 0 Å². The van der Waals surface area contributed by atoms with E-state index in [0.29, 0.717) is 11.8 Å². The first kappa shape index (κ1) is 12.1. The van der Waals surface area contributed by atoms with Crippen LogP contribution in [-0.4, -0.2) is 29.1 Å². The van der Waals surface area contributed by atoms with E-state index in [1.165, 1.54) is 5.56 Å². The lowest BCUT2D eigenvalue weighted by Crippen LogP contribution is -2.34. The third-order valence-corrected chi connectivity index (χ3v) is 2.90. The quantitative estimate of drug-likeness (QED) is 0.802. The van der Waals surface area contributed by atoms with E-state index in [-0.39, 0.29) is 0 Å². The molecule has 0 aliphatic rings. The van der Waals surface area contributed by atoms with Crippen molar-refractivity contribution in [2.75, 3.05) is 13.1 Å². The maximum Gasteiger partial charge on any atom is 0.115 e. The summed E-state index contributed by atoms with van der Waals surface area (Å²) in [6.45, 7) is 8.82. The maximum atomic E-state index is 9.18. The van der Waals surface area contributed by atoms with Crippen molar-refractivity contribution in [3.8, 4) is 5.75 Å². The van der Waals surface area contributed by atoms with Gasteiger partial charge in [-0.25, -0.2) is 0 Å². The van der Waals surface area contributed by atoms with Crippen molar-refractivity contribution in [3.05, 3.63) is 29.8 Å². The van der Waals surface area contributed by atoms with E-state index < -0.39 is 0 Å². The van der Waals surface area contributed by atoms with E-state index in [1.807, 2.05) is 12.1 Å². The van der Waals surface area contributed by atoms with Crippen molar-refractivity contribution in [1.29, 1.82) is 0 Å². The zero-order valence-electron chi connectivity index (χ0n) is 9.90. The fourth-order valence-corrected chi connectivity index (χ4v) is 1.95. The molecule has 1 atom stereocenters. The second-order valence-electron chi connectivity index (χ2n) is 3.94. The monoisotopic (exact) mass is 207 g/mol. The van der Waals surface area contributed by atoms with E-state index in [2.05, 4.69) is 25.7 Å². The number of nitrogens with zero attached hydrogens (tertiary/aromatic N) is 1. The number of likely N-dealkylation sites (N-methyl/N-ethyl adjacent to an activating group) is 1. The second-order valence-corrected chi connectivity index (χ2v) is 3.94. The molecule has 0 saturated carbocycles. The van der Waals surface area contributed by atoms with Gasteiger partial charge in [0.1, 0.15) is 5.75 Å². The molecule has 0 aliphatic heterocycles. The zero-order chi connectivity index (χ0) is 11.3. The molecule has 0 saturated heterocycles. The molecule has 0 heterocycles. The normalized spacial score (nSPS) is 13.1. The Morgan fingerprint density at radius 1 is 1.13 bits per heavy atom. The van der Waals surface area contributed by atoms with Crippen LogP contribution in [0.3, 0.4) is 0 Å². The van der Waals surface area contributed by atoms with Crippen LogP contribution in [0, 0.1) is 0 Å². The first-order valence-electron chi connectivity index (χ1n) is 5.69. The lowest BCUT2D eigenvalue weighted by Gasteiger charge is -2.26. The van der Waals surface area contributed by atoms with Gasteiger partial charge < -0.3 is 10.0 Å². The predicted molar refractivity (Wildman–Crippen MR) is 64.2 cm³/mol. The Bertz CT molecular complexity index is 277. The predicted octanol–water partition coefficient (Wildman–Crippen LogP) is 2.67. The lowest BCUT2D eigenvalue weighted by atomic mass is 10.1.